The first-order valence-corrected chi connectivity index (χ1v) is 5.93. The number of benzene rings is 1. The molecule has 0 aliphatic carbocycles. The molecular formula is C14H11FN2O3. The van der Waals surface area contributed by atoms with Crippen molar-refractivity contribution in [2.45, 2.75) is 6.92 Å². The molecule has 0 saturated heterocycles. The van der Waals surface area contributed by atoms with Crippen LogP contribution in [0.25, 0.3) is 22.3 Å². The quantitative estimate of drug-likeness (QED) is 0.739. The maximum Gasteiger partial charge on any atom is 0.235 e. The number of aromatic hydroxyl groups is 1. The zero-order valence-corrected chi connectivity index (χ0v) is 10.8. The Bertz CT molecular complexity index is 880. The van der Waals surface area contributed by atoms with Crippen LogP contribution in [0.15, 0.2) is 33.6 Å². The van der Waals surface area contributed by atoms with Crippen LogP contribution < -0.4 is 5.43 Å². The van der Waals surface area contributed by atoms with Crippen LogP contribution in [0, 0.1) is 12.7 Å². The molecule has 1 N–H and O–H groups in total. The Morgan fingerprint density at radius 1 is 1.40 bits per heavy atom. The van der Waals surface area contributed by atoms with E-state index in [4.69, 9.17) is 4.42 Å². The Kier molecular flexibility index (Phi) is 2.60. The van der Waals surface area contributed by atoms with Gasteiger partial charge >= 0.3 is 0 Å². The molecule has 0 unspecified atom stereocenters. The van der Waals surface area contributed by atoms with Gasteiger partial charge < -0.3 is 9.52 Å². The number of hydrogen-bond donors (Lipinski definition) is 1. The second-order valence-corrected chi connectivity index (χ2v) is 4.55. The maximum atomic E-state index is 13.2. The summed E-state index contributed by atoms with van der Waals surface area (Å²) in [5, 5.41) is 14.2. The minimum Gasteiger partial charge on any atom is -0.502 e. The number of hydrogen-bond acceptors (Lipinski definition) is 4. The van der Waals surface area contributed by atoms with Crippen LogP contribution >= 0.6 is 0 Å². The van der Waals surface area contributed by atoms with Gasteiger partial charge in [-0.1, -0.05) is 0 Å². The van der Waals surface area contributed by atoms with Crippen LogP contribution in [0.3, 0.4) is 0 Å². The van der Waals surface area contributed by atoms with Crippen molar-refractivity contribution in [3.05, 3.63) is 46.1 Å². The maximum absolute atomic E-state index is 13.2. The standard InChI is InChI=1S/C14H11FN2O3/c1-7-10(6-17(2)16-7)14-13(19)12(18)9-5-8(15)3-4-11(9)20-14/h3-6,19H,1-2H3. The minimum atomic E-state index is -0.663. The van der Waals surface area contributed by atoms with Crippen LogP contribution in [0.5, 0.6) is 5.75 Å². The Morgan fingerprint density at radius 2 is 2.15 bits per heavy atom. The third-order valence-electron chi connectivity index (χ3n) is 3.09. The van der Waals surface area contributed by atoms with Crippen molar-refractivity contribution in [2.24, 2.45) is 7.05 Å². The molecular weight excluding hydrogens is 263 g/mol. The number of aromatic nitrogens is 2. The molecule has 0 saturated carbocycles. The summed E-state index contributed by atoms with van der Waals surface area (Å²) < 4.78 is 20.3. The molecule has 0 aliphatic heterocycles. The molecule has 0 aliphatic rings. The molecule has 102 valence electrons. The lowest BCUT2D eigenvalue weighted by atomic mass is 10.1. The second-order valence-electron chi connectivity index (χ2n) is 4.55. The van der Waals surface area contributed by atoms with E-state index in [0.29, 0.717) is 11.3 Å². The largest absolute Gasteiger partial charge is 0.502 e. The first-order valence-electron chi connectivity index (χ1n) is 5.93. The molecule has 5 nitrogen and oxygen atoms in total. The van der Waals surface area contributed by atoms with Crippen molar-refractivity contribution in [1.82, 2.24) is 9.78 Å². The molecule has 1 aromatic carbocycles. The van der Waals surface area contributed by atoms with Gasteiger partial charge in [-0.2, -0.15) is 5.10 Å². The molecule has 0 atom stereocenters. The van der Waals surface area contributed by atoms with Gasteiger partial charge in [-0.3, -0.25) is 9.48 Å². The normalized spacial score (nSPS) is 11.2. The average molecular weight is 274 g/mol. The Labute approximate surface area is 112 Å². The first-order chi connectivity index (χ1) is 9.47. The molecule has 6 heteroatoms. The van der Waals surface area contributed by atoms with Gasteiger partial charge in [0.25, 0.3) is 0 Å². The Morgan fingerprint density at radius 3 is 2.80 bits per heavy atom. The number of rotatable bonds is 1. The van der Waals surface area contributed by atoms with Gasteiger partial charge in [-0.05, 0) is 25.1 Å². The van der Waals surface area contributed by atoms with Gasteiger partial charge in [0, 0.05) is 13.2 Å². The van der Waals surface area contributed by atoms with E-state index in [1.54, 1.807) is 24.9 Å². The molecule has 0 bridgehead atoms. The fraction of sp³-hybridized carbons (Fsp3) is 0.143. The summed E-state index contributed by atoms with van der Waals surface area (Å²) in [5.41, 5.74) is 0.692. The van der Waals surface area contributed by atoms with E-state index in [-0.39, 0.29) is 16.7 Å². The van der Waals surface area contributed by atoms with Crippen LogP contribution in [0.4, 0.5) is 4.39 Å². The molecule has 3 aromatic rings. The summed E-state index contributed by atoms with van der Waals surface area (Å²) in [6.45, 7) is 1.74. The highest BCUT2D eigenvalue weighted by atomic mass is 19.1. The number of aryl methyl sites for hydroxylation is 2. The predicted octanol–water partition coefficient (Wildman–Crippen LogP) is 2.35. The molecule has 20 heavy (non-hydrogen) atoms. The van der Waals surface area contributed by atoms with Crippen LogP contribution in [0.2, 0.25) is 0 Å². The summed E-state index contributed by atoms with van der Waals surface area (Å²) in [6, 6.07) is 3.60. The third-order valence-corrected chi connectivity index (χ3v) is 3.09. The molecule has 0 radical (unpaired) electrons. The highest BCUT2D eigenvalue weighted by molar-refractivity contribution is 5.82. The van der Waals surface area contributed by atoms with Gasteiger partial charge in [0.15, 0.2) is 5.76 Å². The molecule has 3 rings (SSSR count). The van der Waals surface area contributed by atoms with Crippen molar-refractivity contribution in [3.8, 4) is 17.1 Å². The number of halogens is 1. The van der Waals surface area contributed by atoms with Crippen molar-refractivity contribution in [3.63, 3.8) is 0 Å². The molecule has 0 amide bonds. The minimum absolute atomic E-state index is 0.00722. The lowest BCUT2D eigenvalue weighted by Crippen LogP contribution is -2.03. The fourth-order valence-corrected chi connectivity index (χ4v) is 2.16. The Balaban J connectivity index is 2.38. The SMILES string of the molecule is Cc1nn(C)cc1-c1oc2ccc(F)cc2c(=O)c1O. The van der Waals surface area contributed by atoms with Gasteiger partial charge in [0.2, 0.25) is 11.2 Å². The van der Waals surface area contributed by atoms with E-state index in [2.05, 4.69) is 5.10 Å². The van der Waals surface area contributed by atoms with E-state index in [1.165, 1.54) is 12.1 Å². The zero-order valence-electron chi connectivity index (χ0n) is 10.8. The van der Waals surface area contributed by atoms with E-state index in [9.17, 15) is 14.3 Å². The zero-order chi connectivity index (χ0) is 14.4. The molecule has 2 heterocycles. The third kappa shape index (κ3) is 1.77. The molecule has 0 fully saturated rings. The van der Waals surface area contributed by atoms with E-state index in [1.807, 2.05) is 0 Å². The average Bonchev–Trinajstić information content (AvgIpc) is 2.73. The molecule has 0 spiro atoms. The van der Waals surface area contributed by atoms with Crippen molar-refractivity contribution in [1.29, 1.82) is 0 Å². The Hall–Kier alpha value is -2.63. The summed E-state index contributed by atoms with van der Waals surface area (Å²) >= 11 is 0. The lowest BCUT2D eigenvalue weighted by Gasteiger charge is -2.04. The summed E-state index contributed by atoms with van der Waals surface area (Å²) in [7, 11) is 1.72. The number of nitrogens with zero attached hydrogens (tertiary/aromatic N) is 2. The van der Waals surface area contributed by atoms with Crippen LogP contribution in [-0.2, 0) is 7.05 Å². The smallest absolute Gasteiger partial charge is 0.235 e. The van der Waals surface area contributed by atoms with Crippen molar-refractivity contribution in [2.75, 3.05) is 0 Å². The van der Waals surface area contributed by atoms with E-state index in [0.717, 1.165) is 6.07 Å². The van der Waals surface area contributed by atoms with Crippen LogP contribution in [-0.4, -0.2) is 14.9 Å². The fourth-order valence-electron chi connectivity index (χ4n) is 2.16. The van der Waals surface area contributed by atoms with E-state index >= 15 is 0 Å². The van der Waals surface area contributed by atoms with Gasteiger partial charge in [-0.15, -0.1) is 0 Å². The predicted molar refractivity (Wildman–Crippen MR) is 71.0 cm³/mol. The van der Waals surface area contributed by atoms with Gasteiger partial charge in [0.05, 0.1) is 16.6 Å². The van der Waals surface area contributed by atoms with Crippen LogP contribution in [0.1, 0.15) is 5.69 Å². The van der Waals surface area contributed by atoms with Gasteiger partial charge in [0.1, 0.15) is 11.4 Å². The van der Waals surface area contributed by atoms with Crippen molar-refractivity contribution >= 4 is 11.0 Å². The second kappa shape index (κ2) is 4.19. The van der Waals surface area contributed by atoms with E-state index < -0.39 is 17.0 Å². The molecule has 2 aromatic heterocycles. The van der Waals surface area contributed by atoms with Gasteiger partial charge in [-0.25, -0.2) is 4.39 Å². The summed E-state index contributed by atoms with van der Waals surface area (Å²) in [6.07, 6.45) is 1.64. The monoisotopic (exact) mass is 274 g/mol. The van der Waals surface area contributed by atoms with Crippen molar-refractivity contribution < 1.29 is 13.9 Å². The highest BCUT2D eigenvalue weighted by Crippen LogP contribution is 2.31. The number of fused-ring (bicyclic) bond motifs is 1. The topological polar surface area (TPSA) is 68.3 Å². The summed E-state index contributed by atoms with van der Waals surface area (Å²) in [4.78, 5) is 12.1. The lowest BCUT2D eigenvalue weighted by molar-refractivity contribution is 0.449. The highest BCUT2D eigenvalue weighted by Gasteiger charge is 2.18. The first kappa shape index (κ1) is 12.4. The summed E-state index contributed by atoms with van der Waals surface area (Å²) in [5.74, 6) is -1.06.